The average molecular weight is 564 g/mol. The first-order chi connectivity index (χ1) is 19.3. The van der Waals surface area contributed by atoms with Crippen LogP contribution in [0.2, 0.25) is 0 Å². The minimum absolute atomic E-state index is 0.0350. The molecule has 40 heavy (non-hydrogen) atoms. The van der Waals surface area contributed by atoms with Gasteiger partial charge in [-0.25, -0.2) is 8.42 Å². The number of ether oxygens (including phenoxy) is 1. The van der Waals surface area contributed by atoms with Gasteiger partial charge in [0.2, 0.25) is 11.8 Å². The van der Waals surface area contributed by atoms with E-state index in [2.05, 4.69) is 5.32 Å². The monoisotopic (exact) mass is 563 g/mol. The summed E-state index contributed by atoms with van der Waals surface area (Å²) in [6.45, 7) is 1.53. The first-order valence-corrected chi connectivity index (χ1v) is 15.1. The van der Waals surface area contributed by atoms with Crippen molar-refractivity contribution in [2.24, 2.45) is 0 Å². The van der Waals surface area contributed by atoms with Crippen LogP contribution in [0.3, 0.4) is 0 Å². The Morgan fingerprint density at radius 2 is 1.52 bits per heavy atom. The number of para-hydroxylation sites is 1. The maximum absolute atomic E-state index is 13.9. The van der Waals surface area contributed by atoms with Gasteiger partial charge >= 0.3 is 0 Å². The van der Waals surface area contributed by atoms with E-state index in [1.807, 2.05) is 30.3 Å². The number of hydrogen-bond acceptors (Lipinski definition) is 5. The second kappa shape index (κ2) is 13.5. The van der Waals surface area contributed by atoms with E-state index in [1.54, 1.807) is 49.4 Å². The number of rotatable bonds is 12. The summed E-state index contributed by atoms with van der Waals surface area (Å²) < 4.78 is 34.0. The number of hydrogen-bond donors (Lipinski definition) is 1. The Bertz CT molecular complexity index is 1360. The molecule has 1 aliphatic carbocycles. The van der Waals surface area contributed by atoms with Crippen molar-refractivity contribution in [3.05, 3.63) is 90.5 Å². The predicted molar refractivity (Wildman–Crippen MR) is 156 cm³/mol. The Balaban J connectivity index is 1.62. The molecule has 1 saturated carbocycles. The van der Waals surface area contributed by atoms with Crippen LogP contribution in [0, 0.1) is 0 Å². The molecule has 0 bridgehead atoms. The highest BCUT2D eigenvalue weighted by molar-refractivity contribution is 7.92. The quantitative estimate of drug-likeness (QED) is 0.352. The highest BCUT2D eigenvalue weighted by Gasteiger charge is 2.33. The molecule has 9 heteroatoms. The summed E-state index contributed by atoms with van der Waals surface area (Å²) in [6, 6.07) is 23.6. The van der Waals surface area contributed by atoms with Crippen LogP contribution in [-0.4, -0.2) is 57.4 Å². The van der Waals surface area contributed by atoms with Crippen LogP contribution in [0.25, 0.3) is 0 Å². The Morgan fingerprint density at radius 1 is 0.925 bits per heavy atom. The number of nitrogens with one attached hydrogen (secondary N) is 1. The molecule has 0 saturated heterocycles. The lowest BCUT2D eigenvalue weighted by Crippen LogP contribution is -2.53. The van der Waals surface area contributed by atoms with Crippen molar-refractivity contribution in [3.63, 3.8) is 0 Å². The largest absolute Gasteiger partial charge is 0.497 e. The van der Waals surface area contributed by atoms with Crippen molar-refractivity contribution in [2.45, 2.75) is 56.0 Å². The number of amides is 2. The van der Waals surface area contributed by atoms with Crippen LogP contribution in [0.15, 0.2) is 89.8 Å². The van der Waals surface area contributed by atoms with Crippen molar-refractivity contribution < 1.29 is 22.7 Å². The summed E-state index contributed by atoms with van der Waals surface area (Å²) in [5.41, 5.74) is 1.38. The van der Waals surface area contributed by atoms with Crippen LogP contribution in [0.5, 0.6) is 5.75 Å². The summed E-state index contributed by atoms with van der Waals surface area (Å²) in [5, 5.41) is 3.09. The molecule has 1 atom stereocenters. The van der Waals surface area contributed by atoms with Crippen molar-refractivity contribution in [2.75, 3.05) is 24.5 Å². The second-order valence-corrected chi connectivity index (χ2v) is 11.9. The lowest BCUT2D eigenvalue weighted by molar-refractivity contribution is -0.139. The number of sulfonamides is 1. The van der Waals surface area contributed by atoms with Gasteiger partial charge in [-0.2, -0.15) is 0 Å². The normalized spacial score (nSPS) is 14.3. The molecule has 2 amide bonds. The summed E-state index contributed by atoms with van der Waals surface area (Å²) in [6.07, 6.45) is 4.54. The van der Waals surface area contributed by atoms with E-state index in [-0.39, 0.29) is 23.4 Å². The van der Waals surface area contributed by atoms with Gasteiger partial charge in [-0.05, 0) is 68.1 Å². The Kier molecular flexibility index (Phi) is 9.82. The Morgan fingerprint density at radius 3 is 2.12 bits per heavy atom. The van der Waals surface area contributed by atoms with Crippen molar-refractivity contribution in [1.82, 2.24) is 10.2 Å². The number of anilines is 1. The molecule has 0 aliphatic heterocycles. The van der Waals surface area contributed by atoms with Crippen molar-refractivity contribution >= 4 is 27.5 Å². The van der Waals surface area contributed by atoms with Crippen molar-refractivity contribution in [1.29, 1.82) is 0 Å². The Hall–Kier alpha value is -3.85. The van der Waals surface area contributed by atoms with Gasteiger partial charge in [0.1, 0.15) is 18.3 Å². The lowest BCUT2D eigenvalue weighted by atomic mass is 10.1. The molecule has 0 aromatic heterocycles. The van der Waals surface area contributed by atoms with Gasteiger partial charge in [0.15, 0.2) is 0 Å². The van der Waals surface area contributed by atoms with Crippen LogP contribution in [0.1, 0.15) is 38.2 Å². The van der Waals surface area contributed by atoms with E-state index in [0.717, 1.165) is 35.6 Å². The molecular formula is C31H37N3O5S. The molecule has 0 heterocycles. The zero-order valence-corrected chi connectivity index (χ0v) is 23.8. The maximum Gasteiger partial charge on any atom is 0.264 e. The average Bonchev–Trinajstić information content (AvgIpc) is 3.50. The minimum Gasteiger partial charge on any atom is -0.497 e. The smallest absolute Gasteiger partial charge is 0.264 e. The van der Waals surface area contributed by atoms with E-state index in [4.69, 9.17) is 4.74 Å². The molecule has 8 nitrogen and oxygen atoms in total. The van der Waals surface area contributed by atoms with Gasteiger partial charge in [-0.1, -0.05) is 61.4 Å². The van der Waals surface area contributed by atoms with Gasteiger partial charge in [-0.15, -0.1) is 0 Å². The van der Waals surface area contributed by atoms with Gasteiger partial charge in [0, 0.05) is 12.6 Å². The number of carbonyl (C=O) groups excluding carboxylic acids is 2. The second-order valence-electron chi connectivity index (χ2n) is 10.0. The predicted octanol–water partition coefficient (Wildman–Crippen LogP) is 4.41. The number of carbonyl (C=O) groups is 2. The van der Waals surface area contributed by atoms with Crippen LogP contribution < -0.4 is 14.4 Å². The summed E-state index contributed by atoms with van der Waals surface area (Å²) in [5.74, 6) is -0.154. The van der Waals surface area contributed by atoms with Gasteiger partial charge in [-0.3, -0.25) is 13.9 Å². The van der Waals surface area contributed by atoms with Crippen LogP contribution in [0.4, 0.5) is 5.69 Å². The summed E-state index contributed by atoms with van der Waals surface area (Å²) in [7, 11) is -2.60. The van der Waals surface area contributed by atoms with E-state index in [9.17, 15) is 18.0 Å². The lowest BCUT2D eigenvalue weighted by Gasteiger charge is -2.32. The zero-order valence-electron chi connectivity index (χ0n) is 23.0. The third kappa shape index (κ3) is 7.21. The van der Waals surface area contributed by atoms with E-state index in [0.29, 0.717) is 17.9 Å². The topological polar surface area (TPSA) is 96.0 Å². The van der Waals surface area contributed by atoms with Gasteiger partial charge in [0.25, 0.3) is 10.0 Å². The minimum atomic E-state index is -4.11. The Labute approximate surface area is 237 Å². The number of methoxy groups -OCH3 is 1. The number of benzene rings is 3. The van der Waals surface area contributed by atoms with Crippen LogP contribution >= 0.6 is 0 Å². The molecule has 3 aromatic carbocycles. The van der Waals surface area contributed by atoms with Gasteiger partial charge < -0.3 is 15.0 Å². The fraction of sp³-hybridized carbons (Fsp3) is 0.355. The maximum atomic E-state index is 13.9. The highest BCUT2D eigenvalue weighted by atomic mass is 32.2. The molecule has 1 N–H and O–H groups in total. The third-order valence-electron chi connectivity index (χ3n) is 7.32. The molecule has 4 rings (SSSR count). The zero-order chi connectivity index (χ0) is 28.5. The SMILES string of the molecule is COc1ccc(S(=O)(=O)N(CC(=O)N(CCc2ccccc2)C(C)C(=O)NC2CCCC2)c2ccccc2)cc1. The molecule has 0 radical (unpaired) electrons. The summed E-state index contributed by atoms with van der Waals surface area (Å²) in [4.78, 5) is 28.7. The first-order valence-electron chi connectivity index (χ1n) is 13.6. The number of nitrogens with zero attached hydrogens (tertiary/aromatic N) is 2. The summed E-state index contributed by atoms with van der Waals surface area (Å²) >= 11 is 0. The molecule has 0 spiro atoms. The molecule has 1 unspecified atom stereocenters. The molecule has 212 valence electrons. The van der Waals surface area contributed by atoms with E-state index in [1.165, 1.54) is 24.1 Å². The van der Waals surface area contributed by atoms with Gasteiger partial charge in [0.05, 0.1) is 17.7 Å². The van der Waals surface area contributed by atoms with Crippen molar-refractivity contribution in [3.8, 4) is 5.75 Å². The first kappa shape index (κ1) is 29.1. The fourth-order valence-electron chi connectivity index (χ4n) is 4.96. The molecule has 1 aliphatic rings. The highest BCUT2D eigenvalue weighted by Crippen LogP contribution is 2.26. The third-order valence-corrected chi connectivity index (χ3v) is 9.11. The standard InChI is InChI=1S/C31H37N3O5S/c1-24(31(36)32-26-13-9-10-14-26)33(22-21-25-11-5-3-6-12-25)30(35)23-34(27-15-7-4-8-16-27)40(37,38)29-19-17-28(39-2)18-20-29/h3-8,11-12,15-20,24,26H,9-10,13-14,21-23H2,1-2H3,(H,32,36). The molecule has 1 fully saturated rings. The van der Waals surface area contributed by atoms with E-state index < -0.39 is 28.5 Å². The molecular weight excluding hydrogens is 526 g/mol. The van der Waals surface area contributed by atoms with E-state index >= 15 is 0 Å². The fourth-order valence-corrected chi connectivity index (χ4v) is 6.37. The molecule has 3 aromatic rings. The van der Waals surface area contributed by atoms with Crippen LogP contribution in [-0.2, 0) is 26.0 Å².